The number of benzene rings is 1. The molecule has 0 bridgehead atoms. The van der Waals surface area contributed by atoms with Crippen LogP contribution in [0.5, 0.6) is 0 Å². The second kappa shape index (κ2) is 8.68. The molecule has 0 radical (unpaired) electrons. The normalized spacial score (nSPS) is 13.8. The number of rotatable bonds is 6. The number of aliphatic hydroxyl groups excluding tert-OH is 1. The molecule has 0 spiro atoms. The SMILES string of the molecule is CN(C)C(=O)C[C@@H](O)[C@@H](NC(=O)OCc1ccccc1)C(C)(C)C. The molecule has 2 amide bonds. The Balaban J connectivity index is 2.65. The molecule has 1 rings (SSSR count). The Bertz CT molecular complexity index is 538. The van der Waals surface area contributed by atoms with Crippen LogP contribution in [0.3, 0.4) is 0 Å². The van der Waals surface area contributed by atoms with Gasteiger partial charge in [0.2, 0.25) is 5.91 Å². The first-order valence-corrected chi connectivity index (χ1v) is 7.96. The molecule has 2 atom stereocenters. The summed E-state index contributed by atoms with van der Waals surface area (Å²) >= 11 is 0. The summed E-state index contributed by atoms with van der Waals surface area (Å²) in [6.45, 7) is 5.81. The van der Waals surface area contributed by atoms with Crippen molar-refractivity contribution in [2.45, 2.75) is 45.9 Å². The molecular weight excluding hydrogens is 308 g/mol. The molecule has 6 heteroatoms. The molecule has 134 valence electrons. The quantitative estimate of drug-likeness (QED) is 0.834. The highest BCUT2D eigenvalue weighted by Crippen LogP contribution is 2.24. The molecule has 1 aromatic rings. The van der Waals surface area contributed by atoms with E-state index in [9.17, 15) is 14.7 Å². The number of hydrogen-bond donors (Lipinski definition) is 2. The lowest BCUT2D eigenvalue weighted by molar-refractivity contribution is -0.131. The predicted octanol–water partition coefficient (Wildman–Crippen LogP) is 2.17. The number of amides is 2. The summed E-state index contributed by atoms with van der Waals surface area (Å²) in [4.78, 5) is 25.3. The average Bonchev–Trinajstić information content (AvgIpc) is 2.50. The largest absolute Gasteiger partial charge is 0.445 e. The molecule has 24 heavy (non-hydrogen) atoms. The molecule has 1 aromatic carbocycles. The van der Waals surface area contributed by atoms with Gasteiger partial charge in [0.05, 0.1) is 18.6 Å². The van der Waals surface area contributed by atoms with E-state index >= 15 is 0 Å². The van der Waals surface area contributed by atoms with Crippen LogP contribution in [0.15, 0.2) is 30.3 Å². The van der Waals surface area contributed by atoms with Crippen LogP contribution in [0.2, 0.25) is 0 Å². The van der Waals surface area contributed by atoms with Crippen LogP contribution in [0.1, 0.15) is 32.8 Å². The summed E-state index contributed by atoms with van der Waals surface area (Å²) in [6, 6.07) is 8.73. The van der Waals surface area contributed by atoms with Gasteiger partial charge in [0.15, 0.2) is 0 Å². The van der Waals surface area contributed by atoms with Crippen LogP contribution in [0, 0.1) is 5.41 Å². The highest BCUT2D eigenvalue weighted by Gasteiger charge is 2.34. The second-order valence-corrected chi connectivity index (χ2v) is 7.11. The second-order valence-electron chi connectivity index (χ2n) is 7.11. The van der Waals surface area contributed by atoms with E-state index in [4.69, 9.17) is 4.74 Å². The molecule has 0 aliphatic heterocycles. The van der Waals surface area contributed by atoms with E-state index in [-0.39, 0.29) is 18.9 Å². The van der Waals surface area contributed by atoms with Gasteiger partial charge in [-0.3, -0.25) is 4.79 Å². The number of aliphatic hydroxyl groups is 1. The van der Waals surface area contributed by atoms with Crippen LogP contribution in [0.4, 0.5) is 4.79 Å². The van der Waals surface area contributed by atoms with E-state index in [1.807, 2.05) is 51.1 Å². The first kappa shape index (κ1) is 20.0. The lowest BCUT2D eigenvalue weighted by Crippen LogP contribution is -2.52. The van der Waals surface area contributed by atoms with Crippen LogP contribution >= 0.6 is 0 Å². The van der Waals surface area contributed by atoms with Crippen LogP contribution in [-0.4, -0.2) is 48.2 Å². The van der Waals surface area contributed by atoms with Gasteiger partial charge in [-0.25, -0.2) is 4.79 Å². The van der Waals surface area contributed by atoms with E-state index < -0.39 is 23.7 Å². The fourth-order valence-corrected chi connectivity index (χ4v) is 2.26. The predicted molar refractivity (Wildman–Crippen MR) is 92.3 cm³/mol. The fourth-order valence-electron chi connectivity index (χ4n) is 2.26. The topological polar surface area (TPSA) is 78.9 Å². The molecule has 2 N–H and O–H groups in total. The van der Waals surface area contributed by atoms with E-state index in [1.54, 1.807) is 14.1 Å². The van der Waals surface area contributed by atoms with Crippen LogP contribution in [-0.2, 0) is 16.1 Å². The monoisotopic (exact) mass is 336 g/mol. The van der Waals surface area contributed by atoms with Crippen molar-refractivity contribution < 1.29 is 19.4 Å². The van der Waals surface area contributed by atoms with E-state index in [0.717, 1.165) is 5.56 Å². The number of hydrogen-bond acceptors (Lipinski definition) is 4. The maximum absolute atomic E-state index is 12.1. The van der Waals surface area contributed by atoms with Crippen molar-refractivity contribution >= 4 is 12.0 Å². The van der Waals surface area contributed by atoms with Gasteiger partial charge in [-0.2, -0.15) is 0 Å². The summed E-state index contributed by atoms with van der Waals surface area (Å²) in [5, 5.41) is 13.1. The Hall–Kier alpha value is -2.08. The smallest absolute Gasteiger partial charge is 0.407 e. The van der Waals surface area contributed by atoms with Gasteiger partial charge in [0.1, 0.15) is 6.61 Å². The molecule has 0 aliphatic rings. The lowest BCUT2D eigenvalue weighted by atomic mass is 9.82. The number of nitrogens with zero attached hydrogens (tertiary/aromatic N) is 1. The Kier molecular flexibility index (Phi) is 7.22. The zero-order valence-corrected chi connectivity index (χ0v) is 15.1. The number of ether oxygens (including phenoxy) is 1. The minimum Gasteiger partial charge on any atom is -0.445 e. The third-order valence-corrected chi connectivity index (χ3v) is 3.69. The van der Waals surface area contributed by atoms with Gasteiger partial charge in [0.25, 0.3) is 0 Å². The Morgan fingerprint density at radius 1 is 1.21 bits per heavy atom. The third kappa shape index (κ3) is 6.58. The zero-order chi connectivity index (χ0) is 18.3. The molecule has 0 saturated carbocycles. The van der Waals surface area contributed by atoms with Crippen molar-refractivity contribution in [2.75, 3.05) is 14.1 Å². The summed E-state index contributed by atoms with van der Waals surface area (Å²) in [6.07, 6.45) is -1.67. The first-order chi connectivity index (χ1) is 11.1. The fraction of sp³-hybridized carbons (Fsp3) is 0.556. The number of nitrogens with one attached hydrogen (secondary N) is 1. The highest BCUT2D eigenvalue weighted by molar-refractivity contribution is 5.76. The van der Waals surface area contributed by atoms with E-state index in [2.05, 4.69) is 5.32 Å². The van der Waals surface area contributed by atoms with Gasteiger partial charge in [-0.05, 0) is 11.0 Å². The van der Waals surface area contributed by atoms with Crippen molar-refractivity contribution in [1.29, 1.82) is 0 Å². The van der Waals surface area contributed by atoms with Crippen LogP contribution in [0.25, 0.3) is 0 Å². The first-order valence-electron chi connectivity index (χ1n) is 7.96. The van der Waals surface area contributed by atoms with Gasteiger partial charge < -0.3 is 20.1 Å². The van der Waals surface area contributed by atoms with E-state index in [1.165, 1.54) is 4.90 Å². The highest BCUT2D eigenvalue weighted by atomic mass is 16.5. The molecule has 0 heterocycles. The van der Waals surface area contributed by atoms with Gasteiger partial charge in [-0.1, -0.05) is 51.1 Å². The Labute approximate surface area is 143 Å². The molecule has 0 fully saturated rings. The summed E-state index contributed by atoms with van der Waals surface area (Å²) < 4.78 is 5.20. The molecule has 6 nitrogen and oxygen atoms in total. The minimum atomic E-state index is -0.996. The van der Waals surface area contributed by atoms with Crippen molar-refractivity contribution in [1.82, 2.24) is 10.2 Å². The average molecular weight is 336 g/mol. The van der Waals surface area contributed by atoms with Gasteiger partial charge in [0, 0.05) is 14.1 Å². The van der Waals surface area contributed by atoms with E-state index in [0.29, 0.717) is 0 Å². The lowest BCUT2D eigenvalue weighted by Gasteiger charge is -2.34. The van der Waals surface area contributed by atoms with Crippen LogP contribution < -0.4 is 5.32 Å². The van der Waals surface area contributed by atoms with Gasteiger partial charge >= 0.3 is 6.09 Å². The molecule has 0 saturated heterocycles. The zero-order valence-electron chi connectivity index (χ0n) is 15.1. The minimum absolute atomic E-state index is 0.0616. The Morgan fingerprint density at radius 2 is 1.79 bits per heavy atom. The maximum atomic E-state index is 12.1. The molecule has 0 aliphatic carbocycles. The van der Waals surface area contributed by atoms with Crippen molar-refractivity contribution in [3.63, 3.8) is 0 Å². The molecule has 0 aromatic heterocycles. The maximum Gasteiger partial charge on any atom is 0.407 e. The Morgan fingerprint density at radius 3 is 2.29 bits per heavy atom. The molecular formula is C18H28N2O4. The summed E-state index contributed by atoms with van der Waals surface area (Å²) in [7, 11) is 3.26. The third-order valence-electron chi connectivity index (χ3n) is 3.69. The summed E-state index contributed by atoms with van der Waals surface area (Å²) in [5.41, 5.74) is 0.445. The molecule has 0 unspecified atom stereocenters. The summed E-state index contributed by atoms with van der Waals surface area (Å²) in [5.74, 6) is -0.198. The number of carbonyl (C=O) groups excluding carboxylic acids is 2. The van der Waals surface area contributed by atoms with Crippen molar-refractivity contribution in [2.24, 2.45) is 5.41 Å². The van der Waals surface area contributed by atoms with Crippen molar-refractivity contribution in [3.8, 4) is 0 Å². The van der Waals surface area contributed by atoms with Crippen molar-refractivity contribution in [3.05, 3.63) is 35.9 Å². The number of carbonyl (C=O) groups is 2. The standard InChI is InChI=1S/C18H28N2O4/c1-18(2,3)16(14(21)11-15(22)20(4)5)19-17(23)24-12-13-9-7-6-8-10-13/h6-10,14,16,21H,11-12H2,1-5H3,(H,19,23)/t14-,16-/m1/s1. The number of alkyl carbamates (subject to hydrolysis) is 1. The van der Waals surface area contributed by atoms with Gasteiger partial charge in [-0.15, -0.1) is 0 Å².